The van der Waals surface area contributed by atoms with Crippen LogP contribution in [0.4, 0.5) is 0 Å². The minimum absolute atomic E-state index is 0.0192. The highest BCUT2D eigenvalue weighted by atomic mass is 31.2. The lowest BCUT2D eigenvalue weighted by molar-refractivity contribution is -0.154. The molecular weight excluding hydrogens is 681 g/mol. The van der Waals surface area contributed by atoms with Crippen LogP contribution < -0.4 is 5.73 Å². The van der Waals surface area contributed by atoms with Crippen LogP contribution in [0.2, 0.25) is 0 Å². The van der Waals surface area contributed by atoms with E-state index in [1.807, 2.05) is 0 Å². The van der Waals surface area contributed by atoms with Crippen LogP contribution >= 0.6 is 7.82 Å². The maximum Gasteiger partial charge on any atom is 0.472 e. The molecule has 0 aromatic heterocycles. The van der Waals surface area contributed by atoms with Crippen LogP contribution in [-0.2, 0) is 32.7 Å². The molecule has 0 aliphatic carbocycles. The van der Waals surface area contributed by atoms with Gasteiger partial charge in [-0.2, -0.15) is 0 Å². The first-order chi connectivity index (χ1) is 25.2. The molecule has 3 atom stereocenters. The van der Waals surface area contributed by atoms with Gasteiger partial charge in [0, 0.05) is 13.0 Å². The third kappa shape index (κ3) is 37.0. The van der Waals surface area contributed by atoms with Gasteiger partial charge in [-0.15, -0.1) is 0 Å². The molecule has 11 heteroatoms. The number of hydrogen-bond acceptors (Lipinski definition) is 8. The van der Waals surface area contributed by atoms with E-state index in [4.69, 9.17) is 29.4 Å². The number of carboxylic acid groups (broad SMARTS) is 1. The lowest BCUT2D eigenvalue weighted by atomic mass is 10.0. The van der Waals surface area contributed by atoms with Gasteiger partial charge in [0.25, 0.3) is 0 Å². The maximum absolute atomic E-state index is 12.6. The largest absolute Gasteiger partial charge is 0.480 e. The fraction of sp³-hybridized carbons (Fsp3) is 0.902. The van der Waals surface area contributed by atoms with Crippen LogP contribution in [0.3, 0.4) is 0 Å². The van der Waals surface area contributed by atoms with E-state index < -0.39 is 45.1 Å². The number of aliphatic carboxylic acids is 1. The van der Waals surface area contributed by atoms with E-state index >= 15 is 0 Å². The second kappa shape index (κ2) is 38.0. The molecule has 0 aromatic carbocycles. The zero-order valence-electron chi connectivity index (χ0n) is 33.4. The SMILES string of the molecule is CCCCCCC/C=C\CCCCCCCC(=O)OC(COCCCCCCCCCCCCCCCCCC)COP(=O)(O)OCC(N)C(=O)O. The number of nitrogens with two attached hydrogens (primary N) is 1. The van der Waals surface area contributed by atoms with Gasteiger partial charge >= 0.3 is 19.8 Å². The van der Waals surface area contributed by atoms with Crippen molar-refractivity contribution in [2.24, 2.45) is 5.73 Å². The van der Waals surface area contributed by atoms with Crippen LogP contribution in [0.15, 0.2) is 12.2 Å². The molecule has 0 aliphatic heterocycles. The zero-order chi connectivity index (χ0) is 38.4. The number of carboxylic acids is 1. The minimum Gasteiger partial charge on any atom is -0.480 e. The Labute approximate surface area is 318 Å². The normalized spacial score (nSPS) is 14.1. The van der Waals surface area contributed by atoms with Gasteiger partial charge in [0.05, 0.1) is 19.8 Å². The number of phosphoric acid groups is 1. The van der Waals surface area contributed by atoms with Crippen molar-refractivity contribution >= 4 is 19.8 Å². The predicted octanol–water partition coefficient (Wildman–Crippen LogP) is 11.4. The molecule has 0 saturated carbocycles. The second-order valence-electron chi connectivity index (χ2n) is 14.5. The predicted molar refractivity (Wildman–Crippen MR) is 212 cm³/mol. The quantitative estimate of drug-likeness (QED) is 0.0237. The van der Waals surface area contributed by atoms with Gasteiger partial charge in [-0.25, -0.2) is 4.57 Å². The summed E-state index contributed by atoms with van der Waals surface area (Å²) in [6.07, 6.45) is 38.3. The third-order valence-electron chi connectivity index (χ3n) is 9.29. The first-order valence-corrected chi connectivity index (χ1v) is 22.7. The Morgan fingerprint density at radius 1 is 0.596 bits per heavy atom. The van der Waals surface area contributed by atoms with Crippen LogP contribution in [0.25, 0.3) is 0 Å². The average Bonchev–Trinajstić information content (AvgIpc) is 3.12. The summed E-state index contributed by atoms with van der Waals surface area (Å²) in [5.41, 5.74) is 5.35. The second-order valence-corrected chi connectivity index (χ2v) is 15.9. The van der Waals surface area contributed by atoms with Gasteiger partial charge in [-0.3, -0.25) is 18.6 Å². The van der Waals surface area contributed by atoms with Crippen molar-refractivity contribution in [1.29, 1.82) is 0 Å². The molecule has 4 N–H and O–H groups in total. The molecule has 0 fully saturated rings. The lowest BCUT2D eigenvalue weighted by Gasteiger charge is -2.20. The van der Waals surface area contributed by atoms with Crippen molar-refractivity contribution in [1.82, 2.24) is 0 Å². The van der Waals surface area contributed by atoms with Crippen LogP contribution in [0, 0.1) is 0 Å². The van der Waals surface area contributed by atoms with E-state index in [0.29, 0.717) is 13.0 Å². The Morgan fingerprint density at radius 3 is 1.46 bits per heavy atom. The van der Waals surface area contributed by atoms with Crippen molar-refractivity contribution in [2.45, 2.75) is 212 Å². The molecule has 10 nitrogen and oxygen atoms in total. The first kappa shape index (κ1) is 50.7. The van der Waals surface area contributed by atoms with Gasteiger partial charge in [0.2, 0.25) is 0 Å². The van der Waals surface area contributed by atoms with E-state index in [0.717, 1.165) is 51.4 Å². The van der Waals surface area contributed by atoms with Crippen LogP contribution in [0.1, 0.15) is 200 Å². The number of carbonyl (C=O) groups is 2. The van der Waals surface area contributed by atoms with Crippen molar-refractivity contribution in [3.05, 3.63) is 12.2 Å². The van der Waals surface area contributed by atoms with E-state index in [1.54, 1.807) is 0 Å². The average molecular weight is 762 g/mol. The molecule has 308 valence electrons. The van der Waals surface area contributed by atoms with E-state index in [-0.39, 0.29) is 13.0 Å². The molecule has 0 radical (unpaired) electrons. The summed E-state index contributed by atoms with van der Waals surface area (Å²) in [7, 11) is -4.61. The van der Waals surface area contributed by atoms with Crippen molar-refractivity contribution < 1.29 is 42.7 Å². The lowest BCUT2D eigenvalue weighted by Crippen LogP contribution is -2.34. The number of phosphoric ester groups is 1. The number of ether oxygens (including phenoxy) is 2. The van der Waals surface area contributed by atoms with E-state index in [1.165, 1.54) is 122 Å². The first-order valence-electron chi connectivity index (χ1n) is 21.2. The molecule has 0 amide bonds. The fourth-order valence-electron chi connectivity index (χ4n) is 5.95. The Kier molecular flexibility index (Phi) is 37.1. The maximum atomic E-state index is 12.6. The Balaban J connectivity index is 4.23. The Bertz CT molecular complexity index is 888. The van der Waals surface area contributed by atoms with Gasteiger partial charge < -0.3 is 25.2 Å². The molecule has 0 heterocycles. The Morgan fingerprint density at radius 2 is 1.00 bits per heavy atom. The summed E-state index contributed by atoms with van der Waals surface area (Å²) in [6, 6.07) is -1.47. The Hall–Kier alpha value is -1.29. The monoisotopic (exact) mass is 762 g/mol. The smallest absolute Gasteiger partial charge is 0.472 e. The summed E-state index contributed by atoms with van der Waals surface area (Å²) in [6.45, 7) is 3.89. The van der Waals surface area contributed by atoms with E-state index in [9.17, 15) is 19.0 Å². The van der Waals surface area contributed by atoms with Crippen LogP contribution in [0.5, 0.6) is 0 Å². The van der Waals surface area contributed by atoms with Crippen LogP contribution in [-0.4, -0.2) is 60.5 Å². The minimum atomic E-state index is -4.61. The number of esters is 1. The number of carbonyl (C=O) groups excluding carboxylic acids is 1. The van der Waals surface area contributed by atoms with Gasteiger partial charge in [-0.1, -0.05) is 167 Å². The summed E-state index contributed by atoms with van der Waals surface area (Å²) in [5.74, 6) is -1.78. The number of hydrogen-bond donors (Lipinski definition) is 3. The molecule has 0 aliphatic rings. The zero-order valence-corrected chi connectivity index (χ0v) is 34.3. The molecule has 0 saturated heterocycles. The summed E-state index contributed by atoms with van der Waals surface area (Å²) < 4.78 is 33.3. The van der Waals surface area contributed by atoms with Crippen molar-refractivity contribution in [2.75, 3.05) is 26.4 Å². The highest BCUT2D eigenvalue weighted by Gasteiger charge is 2.27. The number of rotatable bonds is 41. The van der Waals surface area contributed by atoms with Crippen molar-refractivity contribution in [3.8, 4) is 0 Å². The highest BCUT2D eigenvalue weighted by Crippen LogP contribution is 2.43. The highest BCUT2D eigenvalue weighted by molar-refractivity contribution is 7.47. The number of unbranched alkanes of at least 4 members (excludes halogenated alkanes) is 25. The fourth-order valence-corrected chi connectivity index (χ4v) is 6.73. The molecule has 3 unspecified atom stereocenters. The van der Waals surface area contributed by atoms with Gasteiger partial charge in [-0.05, 0) is 38.5 Å². The van der Waals surface area contributed by atoms with Crippen molar-refractivity contribution in [3.63, 3.8) is 0 Å². The summed E-state index contributed by atoms with van der Waals surface area (Å²) in [5, 5.41) is 8.88. The summed E-state index contributed by atoms with van der Waals surface area (Å²) >= 11 is 0. The van der Waals surface area contributed by atoms with Gasteiger partial charge in [0.1, 0.15) is 12.1 Å². The standard InChI is InChI=1S/C41H80NO9P/c1-3-5-7-9-11-13-15-17-19-20-22-24-26-28-30-32-34-48-35-38(36-49-52(46,47)50-37-39(42)41(44)45)51-40(43)33-31-29-27-25-23-21-18-16-14-12-10-8-6-4-2/h16,18,38-39H,3-15,17,19-37,42H2,1-2H3,(H,44,45)(H,46,47)/b18-16-. The molecule has 0 spiro atoms. The molecule has 52 heavy (non-hydrogen) atoms. The molecule has 0 bridgehead atoms. The molecular formula is C41H80NO9P. The number of allylic oxidation sites excluding steroid dienone is 2. The molecule has 0 aromatic rings. The third-order valence-corrected chi connectivity index (χ3v) is 10.2. The topological polar surface area (TPSA) is 155 Å². The summed E-state index contributed by atoms with van der Waals surface area (Å²) in [4.78, 5) is 33.5. The van der Waals surface area contributed by atoms with Gasteiger partial charge in [0.15, 0.2) is 0 Å². The molecule has 0 rings (SSSR count). The van der Waals surface area contributed by atoms with E-state index in [2.05, 4.69) is 26.0 Å².